The van der Waals surface area contributed by atoms with Gasteiger partial charge in [0.05, 0.1) is 5.02 Å². The zero-order chi connectivity index (χ0) is 11.9. The number of rotatable bonds is 2. The van der Waals surface area contributed by atoms with Gasteiger partial charge in [-0.3, -0.25) is 0 Å². The molecule has 1 rings (SSSR count). The van der Waals surface area contributed by atoms with Crippen LogP contribution in [0, 0.1) is 0 Å². The largest absolute Gasteiger partial charge is 0.270 e. The molecule has 15 heavy (non-hydrogen) atoms. The van der Waals surface area contributed by atoms with Crippen molar-refractivity contribution < 1.29 is 17.2 Å². The van der Waals surface area contributed by atoms with Gasteiger partial charge in [0.2, 0.25) is 0 Å². The van der Waals surface area contributed by atoms with E-state index in [0.29, 0.717) is 6.92 Å². The first-order valence-corrected chi connectivity index (χ1v) is 6.43. The quantitative estimate of drug-likeness (QED) is 0.775. The van der Waals surface area contributed by atoms with Gasteiger partial charge in [0.15, 0.2) is 0 Å². The minimum atomic E-state index is -4.00. The number of alkyl halides is 2. The lowest BCUT2D eigenvalue weighted by Gasteiger charge is -2.11. The molecule has 0 unspecified atom stereocenters. The summed E-state index contributed by atoms with van der Waals surface area (Å²) in [6, 6.07) is 2.81. The summed E-state index contributed by atoms with van der Waals surface area (Å²) in [5.74, 6) is -3.07. The molecule has 2 nitrogen and oxygen atoms in total. The molecule has 0 saturated carbocycles. The normalized spacial score (nSPS) is 12.9. The van der Waals surface area contributed by atoms with Crippen molar-refractivity contribution in [2.45, 2.75) is 17.7 Å². The Labute approximate surface area is 95.2 Å². The highest BCUT2D eigenvalue weighted by atomic mass is 35.7. The molecule has 84 valence electrons. The van der Waals surface area contributed by atoms with Crippen LogP contribution in [0.1, 0.15) is 12.5 Å². The fourth-order valence-corrected chi connectivity index (χ4v) is 2.50. The van der Waals surface area contributed by atoms with E-state index in [-0.39, 0.29) is 15.5 Å². The molecule has 1 aromatic carbocycles. The summed E-state index contributed by atoms with van der Waals surface area (Å²) >= 11 is 5.52. The van der Waals surface area contributed by atoms with Crippen LogP contribution in [0.25, 0.3) is 0 Å². The van der Waals surface area contributed by atoms with Gasteiger partial charge in [0.25, 0.3) is 15.0 Å². The highest BCUT2D eigenvalue weighted by Crippen LogP contribution is 2.32. The molecule has 0 spiro atoms. The van der Waals surface area contributed by atoms with Gasteiger partial charge in [-0.25, -0.2) is 17.2 Å². The van der Waals surface area contributed by atoms with Crippen LogP contribution >= 0.6 is 22.3 Å². The molecular formula is C8H6Cl2F2O2S. The van der Waals surface area contributed by atoms with Crippen molar-refractivity contribution in [3.63, 3.8) is 0 Å². The first-order valence-electron chi connectivity index (χ1n) is 3.75. The molecule has 0 N–H and O–H groups in total. The Morgan fingerprint density at radius 2 is 1.87 bits per heavy atom. The molecule has 0 bridgehead atoms. The van der Waals surface area contributed by atoms with E-state index >= 15 is 0 Å². The van der Waals surface area contributed by atoms with Crippen LogP contribution in [0.4, 0.5) is 8.78 Å². The Hall–Kier alpha value is -0.390. The minimum Gasteiger partial charge on any atom is -0.207 e. The zero-order valence-electron chi connectivity index (χ0n) is 7.47. The summed E-state index contributed by atoms with van der Waals surface area (Å²) in [4.78, 5) is -0.376. The standard InChI is InChI=1S/C8H6Cl2F2O2S/c1-8(11,12)5-2-3-7(6(9)4-5)15(10,13)14/h2-4H,1H3. The minimum absolute atomic E-state index is 0.316. The van der Waals surface area contributed by atoms with E-state index in [1.165, 1.54) is 0 Å². The first-order chi connectivity index (χ1) is 6.62. The van der Waals surface area contributed by atoms with E-state index < -0.39 is 15.0 Å². The van der Waals surface area contributed by atoms with Crippen LogP contribution in [-0.2, 0) is 15.0 Å². The molecule has 0 aromatic heterocycles. The summed E-state index contributed by atoms with van der Waals surface area (Å²) in [7, 11) is 1.03. The van der Waals surface area contributed by atoms with Gasteiger partial charge in [-0.05, 0) is 12.1 Å². The van der Waals surface area contributed by atoms with Gasteiger partial charge >= 0.3 is 0 Å². The molecule has 0 saturated heterocycles. The first kappa shape index (κ1) is 12.7. The monoisotopic (exact) mass is 274 g/mol. The van der Waals surface area contributed by atoms with Crippen molar-refractivity contribution in [2.24, 2.45) is 0 Å². The Kier molecular flexibility index (Phi) is 3.28. The average molecular weight is 275 g/mol. The van der Waals surface area contributed by atoms with Crippen molar-refractivity contribution in [1.29, 1.82) is 0 Å². The maximum Gasteiger partial charge on any atom is 0.270 e. The van der Waals surface area contributed by atoms with Crippen LogP contribution in [0.2, 0.25) is 5.02 Å². The summed E-state index contributed by atoms with van der Waals surface area (Å²) in [5.41, 5.74) is -0.364. The second-order valence-corrected chi connectivity index (χ2v) is 5.91. The third-order valence-electron chi connectivity index (χ3n) is 1.70. The van der Waals surface area contributed by atoms with E-state index in [4.69, 9.17) is 22.3 Å². The van der Waals surface area contributed by atoms with E-state index in [0.717, 1.165) is 18.2 Å². The van der Waals surface area contributed by atoms with Crippen LogP contribution < -0.4 is 0 Å². The fraction of sp³-hybridized carbons (Fsp3) is 0.250. The molecule has 0 atom stereocenters. The van der Waals surface area contributed by atoms with Gasteiger partial charge < -0.3 is 0 Å². The van der Waals surface area contributed by atoms with Crippen LogP contribution in [-0.4, -0.2) is 8.42 Å². The SMILES string of the molecule is CC(F)(F)c1ccc(S(=O)(=O)Cl)c(Cl)c1. The number of halogens is 4. The highest BCUT2D eigenvalue weighted by Gasteiger charge is 2.26. The molecular weight excluding hydrogens is 269 g/mol. The molecule has 0 aliphatic rings. The van der Waals surface area contributed by atoms with Gasteiger partial charge in [0.1, 0.15) is 4.90 Å². The maximum absolute atomic E-state index is 12.8. The van der Waals surface area contributed by atoms with Crippen molar-refractivity contribution in [2.75, 3.05) is 0 Å². The number of hydrogen-bond donors (Lipinski definition) is 0. The molecule has 0 heterocycles. The van der Waals surface area contributed by atoms with E-state index in [9.17, 15) is 17.2 Å². The van der Waals surface area contributed by atoms with Crippen LogP contribution in [0.5, 0.6) is 0 Å². The third kappa shape index (κ3) is 3.03. The number of benzene rings is 1. The van der Waals surface area contributed by atoms with Crippen molar-refractivity contribution >= 4 is 31.3 Å². The van der Waals surface area contributed by atoms with Crippen molar-refractivity contribution in [3.8, 4) is 0 Å². The lowest BCUT2D eigenvalue weighted by molar-refractivity contribution is 0.0174. The zero-order valence-corrected chi connectivity index (χ0v) is 9.80. The third-order valence-corrected chi connectivity index (χ3v) is 3.51. The van der Waals surface area contributed by atoms with Crippen molar-refractivity contribution in [1.82, 2.24) is 0 Å². The summed E-state index contributed by atoms with van der Waals surface area (Å²) in [6.45, 7) is 0.688. The molecule has 0 fully saturated rings. The molecule has 0 radical (unpaired) electrons. The molecule has 1 aromatic rings. The summed E-state index contributed by atoms with van der Waals surface area (Å²) in [5, 5.41) is -0.316. The fourth-order valence-electron chi connectivity index (χ4n) is 0.972. The molecule has 7 heteroatoms. The Morgan fingerprint density at radius 3 is 2.20 bits per heavy atom. The van der Waals surface area contributed by atoms with Gasteiger partial charge in [0, 0.05) is 23.2 Å². The lowest BCUT2D eigenvalue weighted by Crippen LogP contribution is -2.07. The number of hydrogen-bond acceptors (Lipinski definition) is 2. The topological polar surface area (TPSA) is 34.1 Å². The Morgan fingerprint density at radius 1 is 1.33 bits per heavy atom. The highest BCUT2D eigenvalue weighted by molar-refractivity contribution is 8.13. The molecule has 0 amide bonds. The molecule has 0 aliphatic carbocycles. The van der Waals surface area contributed by atoms with E-state index in [1.54, 1.807) is 0 Å². The summed E-state index contributed by atoms with van der Waals surface area (Å²) in [6.07, 6.45) is 0. The van der Waals surface area contributed by atoms with Gasteiger partial charge in [-0.15, -0.1) is 0 Å². The van der Waals surface area contributed by atoms with E-state index in [1.807, 2.05) is 0 Å². The summed E-state index contributed by atoms with van der Waals surface area (Å²) < 4.78 is 47.5. The predicted octanol–water partition coefficient (Wildman–Crippen LogP) is 3.38. The van der Waals surface area contributed by atoms with Crippen LogP contribution in [0.15, 0.2) is 23.1 Å². The predicted molar refractivity (Wildman–Crippen MR) is 54.1 cm³/mol. The van der Waals surface area contributed by atoms with E-state index in [2.05, 4.69) is 0 Å². The van der Waals surface area contributed by atoms with Gasteiger partial charge in [-0.1, -0.05) is 17.7 Å². The Bertz CT molecular complexity index is 480. The second kappa shape index (κ2) is 3.88. The van der Waals surface area contributed by atoms with Crippen molar-refractivity contribution in [3.05, 3.63) is 28.8 Å². The molecule has 0 aliphatic heterocycles. The van der Waals surface area contributed by atoms with Gasteiger partial charge in [-0.2, -0.15) is 0 Å². The maximum atomic E-state index is 12.8. The lowest BCUT2D eigenvalue weighted by atomic mass is 10.1. The average Bonchev–Trinajstić information content (AvgIpc) is 1.99. The Balaban J connectivity index is 3.34. The second-order valence-electron chi connectivity index (χ2n) is 2.97. The van der Waals surface area contributed by atoms with Crippen LogP contribution in [0.3, 0.4) is 0 Å². The smallest absolute Gasteiger partial charge is 0.207 e.